The fourth-order valence-electron chi connectivity index (χ4n) is 2.80. The molecule has 1 saturated heterocycles. The third kappa shape index (κ3) is 3.16. The smallest absolute Gasteiger partial charge is 0.265 e. The number of hydrogen-bond acceptors (Lipinski definition) is 5. The number of benzene rings is 1. The van der Waals surface area contributed by atoms with Crippen LogP contribution in [0.4, 0.5) is 5.69 Å². The van der Waals surface area contributed by atoms with Gasteiger partial charge in [-0.25, -0.2) is 16.8 Å². The van der Waals surface area contributed by atoms with Gasteiger partial charge >= 0.3 is 0 Å². The molecule has 1 fully saturated rings. The zero-order valence-electron chi connectivity index (χ0n) is 14.0. The van der Waals surface area contributed by atoms with Crippen molar-refractivity contribution in [3.63, 3.8) is 0 Å². The molecule has 0 unspecified atom stereocenters. The molecule has 0 amide bonds. The number of hydrogen-bond donors (Lipinski definition) is 0. The summed E-state index contributed by atoms with van der Waals surface area (Å²) in [6.45, 7) is 0.824. The van der Waals surface area contributed by atoms with Crippen LogP contribution in [0, 0.1) is 0 Å². The molecule has 2 heterocycles. The summed E-state index contributed by atoms with van der Waals surface area (Å²) < 4.78 is 55.7. The van der Waals surface area contributed by atoms with E-state index in [1.807, 2.05) is 0 Å². The van der Waals surface area contributed by atoms with Gasteiger partial charge in [-0.3, -0.25) is 8.99 Å². The zero-order chi connectivity index (χ0) is 18.2. The van der Waals surface area contributed by atoms with Gasteiger partial charge in [0.1, 0.15) is 9.79 Å². The van der Waals surface area contributed by atoms with E-state index in [0.29, 0.717) is 18.8 Å². The van der Waals surface area contributed by atoms with Gasteiger partial charge < -0.3 is 0 Å². The van der Waals surface area contributed by atoms with Gasteiger partial charge in [0.25, 0.3) is 10.0 Å². The molecule has 2 aromatic rings. The third-order valence-electron chi connectivity index (χ3n) is 4.23. The predicted molar refractivity (Wildman–Crippen MR) is 93.2 cm³/mol. The molecular weight excluding hydrogens is 364 g/mol. The first kappa shape index (κ1) is 17.9. The molecule has 3 rings (SSSR count). The van der Waals surface area contributed by atoms with Crippen LogP contribution in [0.25, 0.3) is 0 Å². The minimum Gasteiger partial charge on any atom is -0.274 e. The van der Waals surface area contributed by atoms with Crippen LogP contribution >= 0.6 is 0 Å². The van der Waals surface area contributed by atoms with E-state index < -0.39 is 20.0 Å². The van der Waals surface area contributed by atoms with Crippen LogP contribution < -0.4 is 4.31 Å². The number of sulfonamides is 2. The van der Waals surface area contributed by atoms with Gasteiger partial charge in [-0.05, 0) is 25.0 Å². The molecule has 136 valence electrons. The maximum absolute atomic E-state index is 13.0. The Morgan fingerprint density at radius 3 is 2.20 bits per heavy atom. The second-order valence-electron chi connectivity index (χ2n) is 5.90. The van der Waals surface area contributed by atoms with E-state index in [2.05, 4.69) is 5.10 Å². The second kappa shape index (κ2) is 6.43. The molecule has 8 nitrogen and oxygen atoms in total. The summed E-state index contributed by atoms with van der Waals surface area (Å²) in [5, 5.41) is 3.96. The van der Waals surface area contributed by atoms with Crippen LogP contribution in [0.15, 0.2) is 46.5 Å². The van der Waals surface area contributed by atoms with Gasteiger partial charge in [0.15, 0.2) is 0 Å². The van der Waals surface area contributed by atoms with Crippen molar-refractivity contribution in [2.24, 2.45) is 7.05 Å². The third-order valence-corrected chi connectivity index (χ3v) is 8.16. The molecule has 1 aromatic heterocycles. The molecule has 0 spiro atoms. The summed E-state index contributed by atoms with van der Waals surface area (Å²) in [7, 11) is -4.85. The lowest BCUT2D eigenvalue weighted by Gasteiger charge is -2.22. The summed E-state index contributed by atoms with van der Waals surface area (Å²) in [5.41, 5.74) is 0.357. The summed E-state index contributed by atoms with van der Waals surface area (Å²) in [4.78, 5) is -0.416. The van der Waals surface area contributed by atoms with Crippen LogP contribution in [-0.4, -0.2) is 51.1 Å². The Kier molecular flexibility index (Phi) is 4.60. The summed E-state index contributed by atoms with van der Waals surface area (Å²) in [6.07, 6.45) is 4.53. The normalized spacial score (nSPS) is 16.2. The lowest BCUT2D eigenvalue weighted by atomic mass is 10.4. The zero-order valence-corrected chi connectivity index (χ0v) is 15.7. The van der Waals surface area contributed by atoms with Gasteiger partial charge in [0, 0.05) is 33.4 Å². The number of aryl methyl sites for hydroxylation is 1. The quantitative estimate of drug-likeness (QED) is 0.768. The largest absolute Gasteiger partial charge is 0.274 e. The molecule has 1 aliphatic heterocycles. The van der Waals surface area contributed by atoms with Crippen LogP contribution in [0.3, 0.4) is 0 Å². The Balaban J connectivity index is 2.09. The van der Waals surface area contributed by atoms with Gasteiger partial charge in [-0.15, -0.1) is 0 Å². The fourth-order valence-corrected chi connectivity index (χ4v) is 6.26. The number of anilines is 1. The monoisotopic (exact) mass is 384 g/mol. The second-order valence-corrected chi connectivity index (χ2v) is 9.75. The van der Waals surface area contributed by atoms with E-state index in [9.17, 15) is 16.8 Å². The minimum absolute atomic E-state index is 0.187. The Morgan fingerprint density at radius 1 is 1.04 bits per heavy atom. The molecule has 10 heteroatoms. The first-order valence-corrected chi connectivity index (χ1v) is 10.7. The molecule has 0 atom stereocenters. The summed E-state index contributed by atoms with van der Waals surface area (Å²) in [6, 6.07) is 5.72. The Morgan fingerprint density at radius 2 is 1.64 bits per heavy atom. The van der Waals surface area contributed by atoms with Crippen LogP contribution in [-0.2, 0) is 27.1 Å². The molecule has 1 aliphatic rings. The molecule has 0 saturated carbocycles. The number of nitrogens with zero attached hydrogens (tertiary/aromatic N) is 4. The van der Waals surface area contributed by atoms with Crippen molar-refractivity contribution in [3.05, 3.63) is 36.7 Å². The van der Waals surface area contributed by atoms with Crippen molar-refractivity contribution in [1.82, 2.24) is 14.1 Å². The average Bonchev–Trinajstić information content (AvgIpc) is 3.26. The fraction of sp³-hybridized carbons (Fsp3) is 0.400. The van der Waals surface area contributed by atoms with Crippen LogP contribution in [0.2, 0.25) is 0 Å². The van der Waals surface area contributed by atoms with E-state index in [1.54, 1.807) is 13.2 Å². The van der Waals surface area contributed by atoms with Crippen LogP contribution in [0.1, 0.15) is 12.8 Å². The molecule has 0 bridgehead atoms. The lowest BCUT2D eigenvalue weighted by molar-refractivity contribution is 0.475. The Hall–Kier alpha value is -1.91. The van der Waals surface area contributed by atoms with E-state index in [1.165, 1.54) is 46.5 Å². The topological polar surface area (TPSA) is 92.6 Å². The average molecular weight is 384 g/mol. The van der Waals surface area contributed by atoms with Gasteiger partial charge in [-0.1, -0.05) is 12.1 Å². The predicted octanol–water partition coefficient (Wildman–Crippen LogP) is 1.03. The minimum atomic E-state index is -4.05. The molecule has 1 aromatic carbocycles. The first-order chi connectivity index (χ1) is 11.7. The molecular formula is C15H20N4O4S2. The molecule has 0 radical (unpaired) electrons. The Bertz CT molecular complexity index is 976. The number of aromatic nitrogens is 2. The highest BCUT2D eigenvalue weighted by atomic mass is 32.2. The summed E-state index contributed by atoms with van der Waals surface area (Å²) >= 11 is 0. The van der Waals surface area contributed by atoms with Crippen molar-refractivity contribution in [2.45, 2.75) is 22.6 Å². The first-order valence-electron chi connectivity index (χ1n) is 7.81. The Labute approximate surface area is 147 Å². The van der Waals surface area contributed by atoms with Crippen molar-refractivity contribution in [2.75, 3.05) is 24.4 Å². The molecule has 0 N–H and O–H groups in total. The highest BCUT2D eigenvalue weighted by molar-refractivity contribution is 7.94. The van der Waals surface area contributed by atoms with E-state index >= 15 is 0 Å². The standard InChI is InChI=1S/C15H20N4O4S2/c1-17-12-13(11-16-17)18(2)24(20,21)14-7-3-4-8-15(14)25(22,23)19-9-5-6-10-19/h3-4,7-8,11-12H,5-6,9-10H2,1-2H3. The van der Waals surface area contributed by atoms with Gasteiger partial charge in [0.05, 0.1) is 11.9 Å². The summed E-state index contributed by atoms with van der Waals surface area (Å²) in [5.74, 6) is 0. The van der Waals surface area contributed by atoms with Gasteiger partial charge in [0.2, 0.25) is 10.0 Å². The van der Waals surface area contributed by atoms with E-state index in [-0.39, 0.29) is 9.79 Å². The number of rotatable bonds is 5. The van der Waals surface area contributed by atoms with Crippen molar-refractivity contribution < 1.29 is 16.8 Å². The van der Waals surface area contributed by atoms with Crippen molar-refractivity contribution >= 4 is 25.7 Å². The van der Waals surface area contributed by atoms with E-state index in [4.69, 9.17) is 0 Å². The maximum Gasteiger partial charge on any atom is 0.265 e. The SMILES string of the molecule is CN(c1cnn(C)c1)S(=O)(=O)c1ccccc1S(=O)(=O)N1CCCC1. The molecule has 25 heavy (non-hydrogen) atoms. The van der Waals surface area contributed by atoms with Crippen LogP contribution in [0.5, 0.6) is 0 Å². The van der Waals surface area contributed by atoms with Crippen molar-refractivity contribution in [3.8, 4) is 0 Å². The van der Waals surface area contributed by atoms with Gasteiger partial charge in [-0.2, -0.15) is 9.40 Å². The maximum atomic E-state index is 13.0. The highest BCUT2D eigenvalue weighted by Crippen LogP contribution is 2.30. The molecule has 0 aliphatic carbocycles. The van der Waals surface area contributed by atoms with E-state index in [0.717, 1.165) is 17.1 Å². The highest BCUT2D eigenvalue weighted by Gasteiger charge is 2.34. The lowest BCUT2D eigenvalue weighted by Crippen LogP contribution is -2.32. The van der Waals surface area contributed by atoms with Crippen molar-refractivity contribution in [1.29, 1.82) is 0 Å².